The highest BCUT2D eigenvalue weighted by molar-refractivity contribution is 5.66. The highest BCUT2D eigenvalue weighted by Crippen LogP contribution is 2.04. The average Bonchev–Trinajstić information content (AvgIpc) is 2.47. The molecule has 0 saturated heterocycles. The van der Waals surface area contributed by atoms with Crippen LogP contribution in [0, 0.1) is 0 Å². The third-order valence-corrected chi connectivity index (χ3v) is 3.34. The fraction of sp³-hybridized carbons (Fsp3) is 0.842. The molecular weight excluding hydrogens is 260 g/mol. The summed E-state index contributed by atoms with van der Waals surface area (Å²) in [4.78, 5) is 10.0. The van der Waals surface area contributed by atoms with Crippen molar-refractivity contribution in [2.45, 2.75) is 104 Å². The van der Waals surface area contributed by atoms with Gasteiger partial charge in [0.15, 0.2) is 0 Å². The van der Waals surface area contributed by atoms with Gasteiger partial charge >= 0.3 is 5.97 Å². The van der Waals surface area contributed by atoms with E-state index in [2.05, 4.69) is 32.9 Å². The maximum atomic E-state index is 10.0. The monoisotopic (exact) mass is 298 g/mol. The van der Waals surface area contributed by atoms with Crippen molar-refractivity contribution in [1.82, 2.24) is 0 Å². The molecule has 2 heteroatoms. The van der Waals surface area contributed by atoms with E-state index in [1.54, 1.807) is 0 Å². The van der Waals surface area contributed by atoms with Gasteiger partial charge in [-0.15, -0.1) is 0 Å². The fourth-order valence-corrected chi connectivity index (χ4v) is 1.97. The molecule has 0 atom stereocenters. The molecule has 0 aliphatic heterocycles. The molecule has 0 unspecified atom stereocenters. The summed E-state index contributed by atoms with van der Waals surface area (Å²) in [6.45, 7) is 6.63. The lowest BCUT2D eigenvalue weighted by Crippen LogP contribution is -1.93. The van der Waals surface area contributed by atoms with Gasteiger partial charge in [-0.25, -0.2) is 0 Å². The van der Waals surface area contributed by atoms with Crippen LogP contribution in [0.3, 0.4) is 0 Å². The SMILES string of the molecule is CCCC=CCCCCCC.CCCCCCCC(=O)O. The maximum absolute atomic E-state index is 10.0. The Morgan fingerprint density at radius 1 is 0.714 bits per heavy atom. The van der Waals surface area contributed by atoms with Gasteiger partial charge in [-0.05, 0) is 25.7 Å². The minimum Gasteiger partial charge on any atom is -0.481 e. The lowest BCUT2D eigenvalue weighted by Gasteiger charge is -1.95. The Bertz CT molecular complexity index is 222. The number of hydrogen-bond acceptors (Lipinski definition) is 1. The van der Waals surface area contributed by atoms with Gasteiger partial charge in [-0.3, -0.25) is 4.79 Å². The van der Waals surface area contributed by atoms with E-state index < -0.39 is 5.97 Å². The van der Waals surface area contributed by atoms with Crippen LogP contribution >= 0.6 is 0 Å². The summed E-state index contributed by atoms with van der Waals surface area (Å²) in [6.07, 6.45) is 19.9. The Morgan fingerprint density at radius 2 is 1.24 bits per heavy atom. The summed E-state index contributed by atoms with van der Waals surface area (Å²) in [5.41, 5.74) is 0. The zero-order valence-electron chi connectivity index (χ0n) is 14.7. The van der Waals surface area contributed by atoms with Crippen molar-refractivity contribution in [3.8, 4) is 0 Å². The zero-order valence-corrected chi connectivity index (χ0v) is 14.7. The third-order valence-electron chi connectivity index (χ3n) is 3.34. The van der Waals surface area contributed by atoms with Crippen LogP contribution in [0.4, 0.5) is 0 Å². The molecule has 0 aromatic carbocycles. The summed E-state index contributed by atoms with van der Waals surface area (Å²) in [7, 11) is 0. The van der Waals surface area contributed by atoms with Crippen molar-refractivity contribution in [3.63, 3.8) is 0 Å². The largest absolute Gasteiger partial charge is 0.481 e. The third kappa shape index (κ3) is 28.2. The van der Waals surface area contributed by atoms with Gasteiger partial charge in [0.2, 0.25) is 0 Å². The molecule has 0 aromatic rings. The molecule has 21 heavy (non-hydrogen) atoms. The van der Waals surface area contributed by atoms with Gasteiger partial charge < -0.3 is 5.11 Å². The number of hydrogen-bond donors (Lipinski definition) is 1. The summed E-state index contributed by atoms with van der Waals surface area (Å²) < 4.78 is 0. The highest BCUT2D eigenvalue weighted by atomic mass is 16.4. The van der Waals surface area contributed by atoms with Crippen molar-refractivity contribution < 1.29 is 9.90 Å². The number of aliphatic carboxylic acids is 1. The summed E-state index contributed by atoms with van der Waals surface area (Å²) in [6, 6.07) is 0. The van der Waals surface area contributed by atoms with Crippen molar-refractivity contribution >= 4 is 5.97 Å². The first-order valence-corrected chi connectivity index (χ1v) is 9.05. The van der Waals surface area contributed by atoms with Crippen molar-refractivity contribution in [2.24, 2.45) is 0 Å². The molecule has 0 fully saturated rings. The Hall–Kier alpha value is -0.790. The standard InChI is InChI=1S/C11H22.C8H16O2/c1-3-5-7-9-11-10-8-6-4-2;1-2-3-4-5-6-7-8(9)10/h7,9H,3-6,8,10-11H2,1-2H3;2-7H2,1H3,(H,9,10). The molecule has 0 aliphatic carbocycles. The molecule has 2 nitrogen and oxygen atoms in total. The predicted molar refractivity (Wildman–Crippen MR) is 93.8 cm³/mol. The second-order valence-electron chi connectivity index (χ2n) is 5.67. The summed E-state index contributed by atoms with van der Waals surface area (Å²) in [5.74, 6) is -0.670. The Balaban J connectivity index is 0. The molecule has 0 spiro atoms. The van der Waals surface area contributed by atoms with E-state index in [0.29, 0.717) is 6.42 Å². The molecular formula is C19H38O2. The highest BCUT2D eigenvalue weighted by Gasteiger charge is 1.94. The van der Waals surface area contributed by atoms with Gasteiger partial charge in [-0.1, -0.05) is 84.3 Å². The fourth-order valence-electron chi connectivity index (χ4n) is 1.97. The molecule has 0 aliphatic rings. The van der Waals surface area contributed by atoms with Crippen LogP contribution in [0.25, 0.3) is 0 Å². The minimum atomic E-state index is -0.670. The average molecular weight is 299 g/mol. The van der Waals surface area contributed by atoms with E-state index in [0.717, 1.165) is 12.8 Å². The molecule has 0 radical (unpaired) electrons. The van der Waals surface area contributed by atoms with Crippen LogP contribution in [-0.4, -0.2) is 11.1 Å². The van der Waals surface area contributed by atoms with E-state index >= 15 is 0 Å². The molecule has 0 bridgehead atoms. The molecule has 0 aromatic heterocycles. The van der Waals surface area contributed by atoms with Crippen LogP contribution in [0.2, 0.25) is 0 Å². The van der Waals surface area contributed by atoms with E-state index in [-0.39, 0.29) is 0 Å². The Labute approximate surface area is 133 Å². The number of unbranched alkanes of at least 4 members (excludes halogenated alkanes) is 9. The van der Waals surface area contributed by atoms with Gasteiger partial charge in [0, 0.05) is 6.42 Å². The predicted octanol–water partition coefficient (Wildman–Crippen LogP) is 6.74. The number of rotatable bonds is 13. The van der Waals surface area contributed by atoms with Crippen LogP contribution in [-0.2, 0) is 4.79 Å². The zero-order chi connectivity index (χ0) is 16.2. The van der Waals surface area contributed by atoms with Crippen molar-refractivity contribution in [2.75, 3.05) is 0 Å². The van der Waals surface area contributed by atoms with Gasteiger partial charge in [0.05, 0.1) is 0 Å². The Morgan fingerprint density at radius 3 is 1.76 bits per heavy atom. The Kier molecular flexibility index (Phi) is 23.0. The van der Waals surface area contributed by atoms with Gasteiger partial charge in [0.1, 0.15) is 0 Å². The van der Waals surface area contributed by atoms with Gasteiger partial charge in [-0.2, -0.15) is 0 Å². The summed E-state index contributed by atoms with van der Waals surface area (Å²) in [5, 5.41) is 8.27. The second-order valence-corrected chi connectivity index (χ2v) is 5.67. The van der Waals surface area contributed by atoms with E-state index in [1.807, 2.05) is 0 Å². The number of carboxylic acid groups (broad SMARTS) is 1. The lowest BCUT2D eigenvalue weighted by atomic mass is 10.1. The number of carbonyl (C=O) groups is 1. The first-order chi connectivity index (χ1) is 10.2. The second kappa shape index (κ2) is 21.5. The number of allylic oxidation sites excluding steroid dienone is 2. The van der Waals surface area contributed by atoms with Crippen molar-refractivity contribution in [3.05, 3.63) is 12.2 Å². The van der Waals surface area contributed by atoms with Crippen LogP contribution < -0.4 is 0 Å². The van der Waals surface area contributed by atoms with E-state index in [4.69, 9.17) is 5.11 Å². The van der Waals surface area contributed by atoms with Crippen LogP contribution in [0.5, 0.6) is 0 Å². The lowest BCUT2D eigenvalue weighted by molar-refractivity contribution is -0.137. The van der Waals surface area contributed by atoms with Gasteiger partial charge in [0.25, 0.3) is 0 Å². The van der Waals surface area contributed by atoms with E-state index in [1.165, 1.54) is 64.2 Å². The molecule has 0 saturated carbocycles. The quantitative estimate of drug-likeness (QED) is 0.302. The number of carboxylic acids is 1. The molecule has 0 amide bonds. The molecule has 1 N–H and O–H groups in total. The summed E-state index contributed by atoms with van der Waals surface area (Å²) >= 11 is 0. The van der Waals surface area contributed by atoms with Crippen LogP contribution in [0.15, 0.2) is 12.2 Å². The topological polar surface area (TPSA) is 37.3 Å². The first-order valence-electron chi connectivity index (χ1n) is 9.05. The molecule has 0 heterocycles. The van der Waals surface area contributed by atoms with E-state index in [9.17, 15) is 4.79 Å². The smallest absolute Gasteiger partial charge is 0.303 e. The van der Waals surface area contributed by atoms with Crippen LogP contribution in [0.1, 0.15) is 104 Å². The minimum absolute atomic E-state index is 0.337. The molecule has 0 rings (SSSR count). The molecule has 126 valence electrons. The maximum Gasteiger partial charge on any atom is 0.303 e. The normalized spacial score (nSPS) is 10.4. The van der Waals surface area contributed by atoms with Crippen molar-refractivity contribution in [1.29, 1.82) is 0 Å². The first kappa shape index (κ1) is 22.5.